The minimum absolute atomic E-state index is 0.590. The van der Waals surface area contributed by atoms with Crippen LogP contribution in [0.3, 0.4) is 0 Å². The lowest BCUT2D eigenvalue weighted by atomic mass is 10.1. The summed E-state index contributed by atoms with van der Waals surface area (Å²) in [6.07, 6.45) is 1.82. The molecule has 0 bridgehead atoms. The molecule has 2 aromatic rings. The molecule has 94 valence electrons. The molecule has 18 heavy (non-hydrogen) atoms. The molecule has 0 saturated carbocycles. The van der Waals surface area contributed by atoms with Gasteiger partial charge in [-0.05, 0) is 44.0 Å². The first-order valence-electron chi connectivity index (χ1n) is 5.76. The predicted octanol–water partition coefficient (Wildman–Crippen LogP) is 2.89. The van der Waals surface area contributed by atoms with Gasteiger partial charge in [0.15, 0.2) is 0 Å². The van der Waals surface area contributed by atoms with Gasteiger partial charge in [-0.25, -0.2) is 0 Å². The Morgan fingerprint density at radius 2 is 1.78 bits per heavy atom. The maximum Gasteiger partial charge on any atom is 0.111 e. The lowest BCUT2D eigenvalue weighted by Gasteiger charge is -2.12. The van der Waals surface area contributed by atoms with Gasteiger partial charge in [-0.1, -0.05) is 12.1 Å². The van der Waals surface area contributed by atoms with Crippen LogP contribution in [0.1, 0.15) is 5.69 Å². The van der Waals surface area contributed by atoms with E-state index in [0.717, 1.165) is 22.1 Å². The van der Waals surface area contributed by atoms with Crippen LogP contribution in [0, 0.1) is 6.92 Å². The molecule has 4 heteroatoms. The molecule has 1 aromatic heterocycles. The van der Waals surface area contributed by atoms with Crippen LogP contribution in [-0.4, -0.2) is 18.3 Å². The van der Waals surface area contributed by atoms with Crippen molar-refractivity contribution in [3.8, 4) is 11.1 Å². The van der Waals surface area contributed by atoms with Gasteiger partial charge in [0.2, 0.25) is 0 Å². The summed E-state index contributed by atoms with van der Waals surface area (Å²) in [7, 11) is -2.36. The third kappa shape index (κ3) is 2.62. The molecule has 3 nitrogen and oxygen atoms in total. The van der Waals surface area contributed by atoms with Crippen LogP contribution in [0.25, 0.3) is 11.1 Å². The Labute approximate surface area is 107 Å². The Bertz CT molecular complexity index is 614. The highest BCUT2D eigenvalue weighted by Gasteiger charge is 2.15. The second-order valence-corrected chi connectivity index (χ2v) is 8.00. The van der Waals surface area contributed by atoms with E-state index in [4.69, 9.17) is 5.73 Å². The topological polar surface area (TPSA) is 56.0 Å². The second-order valence-electron chi connectivity index (χ2n) is 4.81. The number of nitrogen functional groups attached to an aromatic ring is 1. The van der Waals surface area contributed by atoms with E-state index in [1.54, 1.807) is 13.3 Å². The van der Waals surface area contributed by atoms with Gasteiger partial charge >= 0.3 is 0 Å². The fourth-order valence-electron chi connectivity index (χ4n) is 1.83. The maximum atomic E-state index is 12.2. The molecule has 0 aliphatic heterocycles. The van der Waals surface area contributed by atoms with Crippen LogP contribution in [0.2, 0.25) is 0 Å². The summed E-state index contributed by atoms with van der Waals surface area (Å²) in [4.78, 5) is 4.27. The molecule has 0 aliphatic carbocycles. The van der Waals surface area contributed by atoms with Crippen molar-refractivity contribution >= 4 is 18.1 Å². The summed E-state index contributed by atoms with van der Waals surface area (Å²) >= 11 is 0. The van der Waals surface area contributed by atoms with Crippen LogP contribution < -0.4 is 11.0 Å². The highest BCUT2D eigenvalue weighted by Crippen LogP contribution is 2.38. The molecule has 2 rings (SSSR count). The van der Waals surface area contributed by atoms with Gasteiger partial charge in [0, 0.05) is 28.4 Å². The number of aromatic nitrogens is 1. The minimum atomic E-state index is -2.36. The van der Waals surface area contributed by atoms with Crippen molar-refractivity contribution in [1.29, 1.82) is 0 Å². The lowest BCUT2D eigenvalue weighted by Crippen LogP contribution is -2.09. The van der Waals surface area contributed by atoms with E-state index in [1.165, 1.54) is 0 Å². The SMILES string of the molecule is Cc1ccc(-c2ccc(N)c(P(C)(C)=O)c2)cn1. The third-order valence-corrected chi connectivity index (χ3v) is 4.40. The predicted molar refractivity (Wildman–Crippen MR) is 77.9 cm³/mol. The summed E-state index contributed by atoms with van der Waals surface area (Å²) in [5.74, 6) is 0. The van der Waals surface area contributed by atoms with Crippen molar-refractivity contribution in [3.05, 3.63) is 42.2 Å². The maximum absolute atomic E-state index is 12.2. The first-order chi connectivity index (χ1) is 8.38. The molecular formula is C14H17N2OP. The zero-order valence-corrected chi connectivity index (χ0v) is 11.7. The number of aryl methyl sites for hydroxylation is 1. The molecule has 0 amide bonds. The number of benzene rings is 1. The van der Waals surface area contributed by atoms with E-state index >= 15 is 0 Å². The van der Waals surface area contributed by atoms with Crippen LogP contribution >= 0.6 is 7.14 Å². The van der Waals surface area contributed by atoms with Crippen LogP contribution in [0.4, 0.5) is 5.69 Å². The van der Waals surface area contributed by atoms with Crippen LogP contribution in [0.15, 0.2) is 36.5 Å². The Balaban J connectivity index is 2.54. The third-order valence-electron chi connectivity index (χ3n) is 2.86. The largest absolute Gasteiger partial charge is 0.398 e. The zero-order chi connectivity index (χ0) is 13.3. The fourth-order valence-corrected chi connectivity index (χ4v) is 2.97. The first kappa shape index (κ1) is 12.8. The van der Waals surface area contributed by atoms with Gasteiger partial charge in [-0.3, -0.25) is 4.98 Å². The molecule has 0 spiro atoms. The van der Waals surface area contributed by atoms with E-state index in [0.29, 0.717) is 5.69 Å². The van der Waals surface area contributed by atoms with Gasteiger partial charge in [-0.2, -0.15) is 0 Å². The molecule has 0 unspecified atom stereocenters. The van der Waals surface area contributed by atoms with E-state index in [-0.39, 0.29) is 0 Å². The summed E-state index contributed by atoms with van der Waals surface area (Å²) in [5, 5.41) is 0.737. The first-order valence-corrected chi connectivity index (χ1v) is 8.36. The van der Waals surface area contributed by atoms with E-state index in [2.05, 4.69) is 4.98 Å². The average Bonchev–Trinajstić information content (AvgIpc) is 2.29. The molecule has 0 atom stereocenters. The Hall–Kier alpha value is -1.60. The van der Waals surface area contributed by atoms with Gasteiger partial charge in [0.25, 0.3) is 0 Å². The van der Waals surface area contributed by atoms with Crippen molar-refractivity contribution in [2.75, 3.05) is 19.1 Å². The molecule has 2 N–H and O–H groups in total. The Kier molecular flexibility index (Phi) is 3.27. The average molecular weight is 260 g/mol. The smallest absolute Gasteiger partial charge is 0.111 e. The van der Waals surface area contributed by atoms with Crippen LogP contribution in [0.5, 0.6) is 0 Å². The van der Waals surface area contributed by atoms with Crippen LogP contribution in [-0.2, 0) is 4.57 Å². The lowest BCUT2D eigenvalue weighted by molar-refractivity contribution is 0.588. The van der Waals surface area contributed by atoms with Gasteiger partial charge in [0.1, 0.15) is 7.14 Å². The van der Waals surface area contributed by atoms with E-state index in [1.807, 2.05) is 43.5 Å². The fraction of sp³-hybridized carbons (Fsp3) is 0.214. The number of nitrogens with zero attached hydrogens (tertiary/aromatic N) is 1. The van der Waals surface area contributed by atoms with Crippen molar-refractivity contribution in [2.45, 2.75) is 6.92 Å². The number of rotatable bonds is 2. The van der Waals surface area contributed by atoms with E-state index in [9.17, 15) is 4.57 Å². The molecule has 0 radical (unpaired) electrons. The van der Waals surface area contributed by atoms with Gasteiger partial charge in [0.05, 0.1) is 0 Å². The monoisotopic (exact) mass is 260 g/mol. The summed E-state index contributed by atoms with van der Waals surface area (Å²) in [6, 6.07) is 9.62. The molecule has 0 saturated heterocycles. The summed E-state index contributed by atoms with van der Waals surface area (Å²) in [5.41, 5.74) is 9.46. The molecule has 0 aliphatic rings. The van der Waals surface area contributed by atoms with Crippen molar-refractivity contribution in [2.24, 2.45) is 0 Å². The quantitative estimate of drug-likeness (QED) is 0.667. The standard InChI is InChI=1S/C14H17N2OP/c1-10-4-5-12(9-16-10)11-6-7-13(15)14(8-11)18(2,3)17/h4-9H,15H2,1-3H3. The van der Waals surface area contributed by atoms with Crippen molar-refractivity contribution in [3.63, 3.8) is 0 Å². The summed E-state index contributed by atoms with van der Waals surface area (Å²) in [6.45, 7) is 5.41. The van der Waals surface area contributed by atoms with Crippen molar-refractivity contribution < 1.29 is 4.57 Å². The zero-order valence-electron chi connectivity index (χ0n) is 10.8. The number of nitrogens with two attached hydrogens (primary N) is 1. The minimum Gasteiger partial charge on any atom is -0.398 e. The summed E-state index contributed by atoms with van der Waals surface area (Å²) < 4.78 is 12.2. The molecule has 1 aromatic carbocycles. The van der Waals surface area contributed by atoms with Crippen molar-refractivity contribution in [1.82, 2.24) is 4.98 Å². The Morgan fingerprint density at radius 3 is 2.33 bits per heavy atom. The molecule has 1 heterocycles. The highest BCUT2D eigenvalue weighted by atomic mass is 31.2. The highest BCUT2D eigenvalue weighted by molar-refractivity contribution is 7.70. The number of hydrogen-bond donors (Lipinski definition) is 1. The molecular weight excluding hydrogens is 243 g/mol. The Morgan fingerprint density at radius 1 is 1.11 bits per heavy atom. The number of anilines is 1. The van der Waals surface area contributed by atoms with Gasteiger partial charge < -0.3 is 10.3 Å². The number of pyridine rings is 1. The van der Waals surface area contributed by atoms with E-state index < -0.39 is 7.14 Å². The van der Waals surface area contributed by atoms with Gasteiger partial charge in [-0.15, -0.1) is 0 Å². The normalized spacial score (nSPS) is 11.5. The number of hydrogen-bond acceptors (Lipinski definition) is 3. The molecule has 0 fully saturated rings. The second kappa shape index (κ2) is 4.58.